The molecule has 1 saturated carbocycles. The van der Waals surface area contributed by atoms with Crippen LogP contribution in [-0.2, 0) is 14.9 Å². The summed E-state index contributed by atoms with van der Waals surface area (Å²) in [6.45, 7) is 3.28. The van der Waals surface area contributed by atoms with Crippen LogP contribution >= 0.6 is 11.6 Å². The third kappa shape index (κ3) is 2.64. The van der Waals surface area contributed by atoms with Crippen LogP contribution in [0.15, 0.2) is 24.3 Å². The van der Waals surface area contributed by atoms with E-state index in [0.29, 0.717) is 24.7 Å². The second-order valence-electron chi connectivity index (χ2n) is 6.21. The number of carbonyl (C=O) groups excluding carboxylic acids is 1. The van der Waals surface area contributed by atoms with E-state index in [1.54, 1.807) is 4.90 Å². The second kappa shape index (κ2) is 6.19. The molecule has 0 unspecified atom stereocenters. The van der Waals surface area contributed by atoms with Crippen molar-refractivity contribution in [3.63, 3.8) is 0 Å². The number of carbonyl (C=O) groups is 1. The molecule has 0 bridgehead atoms. The fourth-order valence-corrected chi connectivity index (χ4v) is 3.65. The van der Waals surface area contributed by atoms with E-state index >= 15 is 0 Å². The first-order chi connectivity index (χ1) is 10.6. The zero-order chi connectivity index (χ0) is 15.7. The molecule has 3 rings (SSSR count). The maximum Gasteiger partial charge on any atom is 0.233 e. The number of amides is 1. The number of hydrogen-bond acceptors (Lipinski definition) is 3. The minimum atomic E-state index is -0.591. The number of β-amino-alcohol motifs (C(OH)–C–C–N with tert-alkyl or cyclic N) is 1. The Balaban J connectivity index is 1.79. The number of benzene rings is 1. The van der Waals surface area contributed by atoms with E-state index in [1.165, 1.54) is 0 Å². The Bertz CT molecular complexity index is 541. The van der Waals surface area contributed by atoms with Crippen molar-refractivity contribution < 1.29 is 14.6 Å². The normalized spacial score (nSPS) is 26.8. The summed E-state index contributed by atoms with van der Waals surface area (Å²) in [4.78, 5) is 14.8. The van der Waals surface area contributed by atoms with Crippen LogP contribution in [0.2, 0.25) is 5.02 Å². The molecule has 1 aromatic rings. The highest BCUT2D eigenvalue weighted by molar-refractivity contribution is 6.30. The summed E-state index contributed by atoms with van der Waals surface area (Å²) < 4.78 is 5.52. The van der Waals surface area contributed by atoms with Gasteiger partial charge in [0.25, 0.3) is 0 Å². The van der Waals surface area contributed by atoms with Crippen molar-refractivity contribution in [1.82, 2.24) is 4.90 Å². The predicted octanol–water partition coefficient (Wildman–Crippen LogP) is 2.37. The van der Waals surface area contributed by atoms with Gasteiger partial charge in [0, 0.05) is 24.7 Å². The van der Waals surface area contributed by atoms with Gasteiger partial charge in [-0.2, -0.15) is 0 Å². The van der Waals surface area contributed by atoms with Crippen LogP contribution in [0.4, 0.5) is 0 Å². The van der Waals surface area contributed by atoms with Gasteiger partial charge in [0.1, 0.15) is 6.10 Å². The number of aliphatic hydroxyl groups is 1. The van der Waals surface area contributed by atoms with Crippen LogP contribution in [0, 0.1) is 0 Å². The molecule has 120 valence electrons. The topological polar surface area (TPSA) is 49.8 Å². The van der Waals surface area contributed by atoms with Gasteiger partial charge in [-0.3, -0.25) is 4.79 Å². The minimum Gasteiger partial charge on any atom is -0.388 e. The zero-order valence-electron chi connectivity index (χ0n) is 12.8. The van der Waals surface area contributed by atoms with Crippen molar-refractivity contribution in [1.29, 1.82) is 0 Å². The number of ether oxygens (including phenoxy) is 1. The summed E-state index contributed by atoms with van der Waals surface area (Å²) in [7, 11) is 0. The van der Waals surface area contributed by atoms with Gasteiger partial charge in [0.05, 0.1) is 11.5 Å². The van der Waals surface area contributed by atoms with Gasteiger partial charge in [-0.25, -0.2) is 0 Å². The molecule has 2 fully saturated rings. The van der Waals surface area contributed by atoms with Gasteiger partial charge in [-0.05, 0) is 37.5 Å². The molecular weight excluding hydrogens is 302 g/mol. The van der Waals surface area contributed by atoms with Crippen LogP contribution in [0.25, 0.3) is 0 Å². The number of nitrogens with zero attached hydrogens (tertiary/aromatic N) is 1. The molecule has 0 aromatic heterocycles. The Labute approximate surface area is 136 Å². The molecule has 0 radical (unpaired) electrons. The highest BCUT2D eigenvalue weighted by Gasteiger charge is 2.49. The minimum absolute atomic E-state index is 0.113. The molecule has 1 saturated heterocycles. The number of rotatable bonds is 4. The van der Waals surface area contributed by atoms with Crippen molar-refractivity contribution >= 4 is 17.5 Å². The maximum atomic E-state index is 13.1. The summed E-state index contributed by atoms with van der Waals surface area (Å²) in [5, 5.41) is 10.7. The molecule has 2 atom stereocenters. The smallest absolute Gasteiger partial charge is 0.233 e. The first-order valence-corrected chi connectivity index (χ1v) is 8.30. The lowest BCUT2D eigenvalue weighted by atomic mass is 9.63. The average molecular weight is 324 g/mol. The third-order valence-corrected chi connectivity index (χ3v) is 5.17. The molecule has 4 nitrogen and oxygen atoms in total. The summed E-state index contributed by atoms with van der Waals surface area (Å²) in [5.41, 5.74) is 0.591. The van der Waals surface area contributed by atoms with Crippen molar-refractivity contribution in [2.75, 3.05) is 19.7 Å². The second-order valence-corrected chi connectivity index (χ2v) is 6.65. The zero-order valence-corrected chi connectivity index (χ0v) is 13.6. The molecule has 1 aliphatic carbocycles. The largest absolute Gasteiger partial charge is 0.388 e. The van der Waals surface area contributed by atoms with E-state index in [9.17, 15) is 9.90 Å². The molecule has 1 aliphatic heterocycles. The van der Waals surface area contributed by atoms with Crippen LogP contribution in [0.1, 0.15) is 31.7 Å². The standard InChI is InChI=1S/C17H22ClNO3/c1-2-22-15-11-19(10-14(15)20)16(21)17(8-3-9-17)12-4-6-13(18)7-5-12/h4-7,14-15,20H,2-3,8-11H2,1H3/t14-,15-/m1/s1. The highest BCUT2D eigenvalue weighted by Crippen LogP contribution is 2.46. The van der Waals surface area contributed by atoms with Crippen molar-refractivity contribution in [3.8, 4) is 0 Å². The molecule has 0 spiro atoms. The molecule has 22 heavy (non-hydrogen) atoms. The van der Waals surface area contributed by atoms with Crippen LogP contribution < -0.4 is 0 Å². The lowest BCUT2D eigenvalue weighted by Gasteiger charge is -2.43. The molecule has 1 heterocycles. The Hall–Kier alpha value is -1.10. The maximum absolute atomic E-state index is 13.1. The van der Waals surface area contributed by atoms with Crippen molar-refractivity contribution in [2.24, 2.45) is 0 Å². The molecule has 5 heteroatoms. The van der Waals surface area contributed by atoms with Gasteiger partial charge >= 0.3 is 0 Å². The van der Waals surface area contributed by atoms with Gasteiger partial charge in [0.15, 0.2) is 0 Å². The number of likely N-dealkylation sites (tertiary alicyclic amines) is 1. The van der Waals surface area contributed by atoms with Crippen LogP contribution in [-0.4, -0.2) is 47.8 Å². The van der Waals surface area contributed by atoms with Crippen molar-refractivity contribution in [2.45, 2.75) is 43.8 Å². The SMILES string of the molecule is CCO[C@@H]1CN(C(=O)C2(c3ccc(Cl)cc3)CCC2)C[C@H]1O. The van der Waals surface area contributed by atoms with E-state index in [-0.39, 0.29) is 12.0 Å². The average Bonchev–Trinajstić information content (AvgIpc) is 2.81. The molecule has 1 amide bonds. The fourth-order valence-electron chi connectivity index (χ4n) is 3.53. The molecular formula is C17H22ClNO3. The molecule has 1 N–H and O–H groups in total. The van der Waals surface area contributed by atoms with E-state index in [2.05, 4.69) is 0 Å². The van der Waals surface area contributed by atoms with E-state index in [1.807, 2.05) is 31.2 Å². The lowest BCUT2D eigenvalue weighted by Crippen LogP contribution is -2.50. The Kier molecular flexibility index (Phi) is 4.44. The molecule has 1 aromatic carbocycles. The first kappa shape index (κ1) is 15.8. The summed E-state index contributed by atoms with van der Waals surface area (Å²) in [6.07, 6.45) is 1.92. The number of aliphatic hydroxyl groups excluding tert-OH is 1. The highest BCUT2D eigenvalue weighted by atomic mass is 35.5. The van der Waals surface area contributed by atoms with E-state index in [4.69, 9.17) is 16.3 Å². The third-order valence-electron chi connectivity index (χ3n) is 4.92. The van der Waals surface area contributed by atoms with Gasteiger partial charge in [-0.15, -0.1) is 0 Å². The predicted molar refractivity (Wildman–Crippen MR) is 85.0 cm³/mol. The monoisotopic (exact) mass is 323 g/mol. The number of halogens is 1. The Morgan fingerprint density at radius 1 is 1.36 bits per heavy atom. The quantitative estimate of drug-likeness (QED) is 0.925. The van der Waals surface area contributed by atoms with Gasteiger partial charge < -0.3 is 14.7 Å². The Morgan fingerprint density at radius 3 is 2.59 bits per heavy atom. The fraction of sp³-hybridized carbons (Fsp3) is 0.588. The summed E-state index contributed by atoms with van der Waals surface area (Å²) in [6, 6.07) is 7.58. The molecule has 2 aliphatic rings. The van der Waals surface area contributed by atoms with E-state index in [0.717, 1.165) is 24.8 Å². The first-order valence-electron chi connectivity index (χ1n) is 7.92. The Morgan fingerprint density at radius 2 is 2.05 bits per heavy atom. The lowest BCUT2D eigenvalue weighted by molar-refractivity contribution is -0.140. The van der Waals surface area contributed by atoms with Gasteiger partial charge in [-0.1, -0.05) is 30.2 Å². The van der Waals surface area contributed by atoms with Crippen LogP contribution in [0.5, 0.6) is 0 Å². The van der Waals surface area contributed by atoms with E-state index < -0.39 is 11.5 Å². The summed E-state index contributed by atoms with van der Waals surface area (Å²) in [5.74, 6) is 0.113. The number of hydrogen-bond donors (Lipinski definition) is 1. The van der Waals surface area contributed by atoms with Crippen LogP contribution in [0.3, 0.4) is 0 Å². The summed E-state index contributed by atoms with van der Waals surface area (Å²) >= 11 is 5.96. The van der Waals surface area contributed by atoms with Gasteiger partial charge in [0.2, 0.25) is 5.91 Å². The van der Waals surface area contributed by atoms with Crippen molar-refractivity contribution in [3.05, 3.63) is 34.9 Å².